The van der Waals surface area contributed by atoms with Gasteiger partial charge in [-0.05, 0) is 64.9 Å². The van der Waals surface area contributed by atoms with Gasteiger partial charge in [-0.15, -0.1) is 0 Å². The average Bonchev–Trinajstić information content (AvgIpc) is 2.79. The van der Waals surface area contributed by atoms with E-state index in [1.54, 1.807) is 6.07 Å². The molecule has 3 aromatic rings. The van der Waals surface area contributed by atoms with Crippen molar-refractivity contribution in [1.29, 1.82) is 0 Å². The smallest absolute Gasteiger partial charge is 0.229 e. The number of aryl methyl sites for hydroxylation is 2. The van der Waals surface area contributed by atoms with Crippen molar-refractivity contribution in [1.82, 2.24) is 0 Å². The zero-order chi connectivity index (χ0) is 19.7. The highest BCUT2D eigenvalue weighted by Crippen LogP contribution is 2.38. The van der Waals surface area contributed by atoms with Gasteiger partial charge < -0.3 is 0 Å². The van der Waals surface area contributed by atoms with Gasteiger partial charge in [-0.1, -0.05) is 60.1 Å². The first kappa shape index (κ1) is 18.8. The Hall–Kier alpha value is -2.56. The van der Waals surface area contributed by atoms with Crippen LogP contribution < -0.4 is 4.72 Å². The Bertz CT molecular complexity index is 1180. The van der Waals surface area contributed by atoms with Crippen LogP contribution in [0.5, 0.6) is 0 Å². The van der Waals surface area contributed by atoms with Gasteiger partial charge in [0.15, 0.2) is 0 Å². The lowest BCUT2D eigenvalue weighted by Gasteiger charge is -2.14. The van der Waals surface area contributed by atoms with Crippen LogP contribution in [0.15, 0.2) is 66.7 Å². The van der Waals surface area contributed by atoms with E-state index in [4.69, 9.17) is 11.6 Å². The van der Waals surface area contributed by atoms with Gasteiger partial charge in [0.1, 0.15) is 0 Å². The summed E-state index contributed by atoms with van der Waals surface area (Å²) in [5.74, 6) is 0. The lowest BCUT2D eigenvalue weighted by Crippen LogP contribution is -2.09. The molecule has 1 aliphatic rings. The third kappa shape index (κ3) is 3.98. The number of hydrogen-bond donors (Lipinski definition) is 1. The monoisotopic (exact) mass is 409 g/mol. The summed E-state index contributed by atoms with van der Waals surface area (Å²) in [7, 11) is -3.33. The summed E-state index contributed by atoms with van der Waals surface area (Å²) in [5.41, 5.74) is 7.23. The van der Waals surface area contributed by atoms with Crippen molar-refractivity contribution in [3.8, 4) is 0 Å². The highest BCUT2D eigenvalue weighted by molar-refractivity contribution is 7.92. The molecule has 0 fully saturated rings. The van der Waals surface area contributed by atoms with E-state index in [1.165, 1.54) is 11.1 Å². The van der Waals surface area contributed by atoms with Crippen LogP contribution in [0.1, 0.15) is 27.8 Å². The van der Waals surface area contributed by atoms with E-state index in [1.807, 2.05) is 36.4 Å². The first-order chi connectivity index (χ1) is 13.4. The molecule has 0 unspecified atom stereocenters. The first-order valence-electron chi connectivity index (χ1n) is 9.06. The third-order valence-corrected chi connectivity index (χ3v) is 5.76. The summed E-state index contributed by atoms with van der Waals surface area (Å²) >= 11 is 6.63. The van der Waals surface area contributed by atoms with Gasteiger partial charge in [-0.2, -0.15) is 0 Å². The van der Waals surface area contributed by atoms with E-state index in [9.17, 15) is 8.42 Å². The summed E-state index contributed by atoms with van der Waals surface area (Å²) < 4.78 is 25.7. The van der Waals surface area contributed by atoms with Gasteiger partial charge in [0.05, 0.1) is 6.26 Å². The van der Waals surface area contributed by atoms with Crippen LogP contribution in [-0.2, 0) is 22.9 Å². The van der Waals surface area contributed by atoms with Crippen molar-refractivity contribution in [2.45, 2.75) is 12.8 Å². The van der Waals surface area contributed by atoms with Crippen molar-refractivity contribution in [3.05, 3.63) is 99.6 Å². The van der Waals surface area contributed by atoms with E-state index < -0.39 is 10.0 Å². The number of nitrogens with one attached hydrogen (secondary N) is 1. The lowest BCUT2D eigenvalue weighted by molar-refractivity contribution is 0.607. The summed E-state index contributed by atoms with van der Waals surface area (Å²) in [4.78, 5) is 0. The Morgan fingerprint density at radius 1 is 0.929 bits per heavy atom. The number of anilines is 1. The average molecular weight is 410 g/mol. The summed E-state index contributed by atoms with van der Waals surface area (Å²) in [6, 6.07) is 21.8. The number of rotatable bonds is 3. The first-order valence-corrected chi connectivity index (χ1v) is 11.3. The molecule has 0 radical (unpaired) electrons. The van der Waals surface area contributed by atoms with Crippen LogP contribution in [0.25, 0.3) is 11.6 Å². The lowest BCUT2D eigenvalue weighted by atomic mass is 9.92. The predicted molar refractivity (Wildman–Crippen MR) is 117 cm³/mol. The summed E-state index contributed by atoms with van der Waals surface area (Å²) in [6.07, 6.45) is 5.12. The Balaban J connectivity index is 1.91. The van der Waals surface area contributed by atoms with Crippen molar-refractivity contribution in [2.24, 2.45) is 0 Å². The number of fused-ring (bicyclic) bond motifs is 2. The molecule has 5 heteroatoms. The zero-order valence-corrected chi connectivity index (χ0v) is 17.0. The van der Waals surface area contributed by atoms with Crippen molar-refractivity contribution >= 4 is 39.0 Å². The van der Waals surface area contributed by atoms with Crippen LogP contribution in [0.2, 0.25) is 5.02 Å². The SMILES string of the molecule is CS(=O)(=O)Nc1cccc(/C=C2/c3ccccc3CCc3cccc(Cl)c32)c1. The van der Waals surface area contributed by atoms with Gasteiger partial charge in [-0.25, -0.2) is 8.42 Å². The topological polar surface area (TPSA) is 46.2 Å². The van der Waals surface area contributed by atoms with Gasteiger partial charge in [0.25, 0.3) is 0 Å². The van der Waals surface area contributed by atoms with E-state index >= 15 is 0 Å². The molecule has 0 heterocycles. The van der Waals surface area contributed by atoms with Gasteiger partial charge in [-0.3, -0.25) is 4.72 Å². The van der Waals surface area contributed by atoms with E-state index in [2.05, 4.69) is 35.1 Å². The third-order valence-electron chi connectivity index (χ3n) is 4.84. The molecule has 0 spiro atoms. The maximum Gasteiger partial charge on any atom is 0.229 e. The Kier molecular flexibility index (Phi) is 5.00. The minimum atomic E-state index is -3.33. The van der Waals surface area contributed by atoms with Crippen molar-refractivity contribution in [2.75, 3.05) is 11.0 Å². The van der Waals surface area contributed by atoms with Crippen LogP contribution in [0.3, 0.4) is 0 Å². The van der Waals surface area contributed by atoms with Gasteiger partial charge in [0.2, 0.25) is 10.0 Å². The fraction of sp³-hybridized carbons (Fsp3) is 0.130. The standard InChI is InChI=1S/C23H20ClNO2S/c1-28(26,27)25-19-9-4-6-16(14-19)15-21-20-10-3-2-7-17(20)12-13-18-8-5-11-22(24)23(18)21/h2-11,14-15,25H,12-13H2,1H3/b21-15-. The second-order valence-corrected chi connectivity index (χ2v) is 9.14. The van der Waals surface area contributed by atoms with Crippen LogP contribution in [0, 0.1) is 0 Å². The number of halogens is 1. The molecule has 28 heavy (non-hydrogen) atoms. The Morgan fingerprint density at radius 3 is 2.46 bits per heavy atom. The molecule has 0 amide bonds. The maximum absolute atomic E-state index is 11.6. The molecule has 0 bridgehead atoms. The molecule has 1 aliphatic carbocycles. The fourth-order valence-corrected chi connectivity index (χ4v) is 4.56. The molecule has 0 atom stereocenters. The van der Waals surface area contributed by atoms with E-state index in [0.717, 1.165) is 46.4 Å². The molecule has 4 rings (SSSR count). The minimum Gasteiger partial charge on any atom is -0.284 e. The maximum atomic E-state index is 11.6. The molecule has 0 saturated carbocycles. The largest absolute Gasteiger partial charge is 0.284 e. The molecular formula is C23H20ClNO2S. The van der Waals surface area contributed by atoms with E-state index in [0.29, 0.717) is 5.69 Å². The fourth-order valence-electron chi connectivity index (χ4n) is 3.71. The molecule has 142 valence electrons. The summed E-state index contributed by atoms with van der Waals surface area (Å²) in [5, 5.41) is 0.728. The van der Waals surface area contributed by atoms with Crippen molar-refractivity contribution < 1.29 is 8.42 Å². The van der Waals surface area contributed by atoms with Crippen molar-refractivity contribution in [3.63, 3.8) is 0 Å². The molecule has 0 aliphatic heterocycles. The van der Waals surface area contributed by atoms with Gasteiger partial charge in [0, 0.05) is 16.3 Å². The second kappa shape index (κ2) is 7.46. The number of sulfonamides is 1. The highest BCUT2D eigenvalue weighted by Gasteiger charge is 2.20. The quantitative estimate of drug-likeness (QED) is 0.629. The Morgan fingerprint density at radius 2 is 1.64 bits per heavy atom. The normalized spacial score (nSPS) is 14.9. The molecule has 1 N–H and O–H groups in total. The highest BCUT2D eigenvalue weighted by atomic mass is 35.5. The second-order valence-electron chi connectivity index (χ2n) is 6.99. The van der Waals surface area contributed by atoms with Crippen LogP contribution >= 0.6 is 11.6 Å². The Labute approximate surface area is 170 Å². The van der Waals surface area contributed by atoms with Gasteiger partial charge >= 0.3 is 0 Å². The number of benzene rings is 3. The number of hydrogen-bond acceptors (Lipinski definition) is 2. The van der Waals surface area contributed by atoms with Crippen LogP contribution in [-0.4, -0.2) is 14.7 Å². The molecule has 0 aromatic heterocycles. The molecule has 3 aromatic carbocycles. The molecule has 3 nitrogen and oxygen atoms in total. The van der Waals surface area contributed by atoms with E-state index in [-0.39, 0.29) is 0 Å². The predicted octanol–water partition coefficient (Wildman–Crippen LogP) is 5.40. The zero-order valence-electron chi connectivity index (χ0n) is 15.4. The molecular weight excluding hydrogens is 390 g/mol. The summed E-state index contributed by atoms with van der Waals surface area (Å²) in [6.45, 7) is 0. The molecule has 0 saturated heterocycles. The minimum absolute atomic E-state index is 0.540. The van der Waals surface area contributed by atoms with Crippen LogP contribution in [0.4, 0.5) is 5.69 Å².